The number of para-hydroxylation sites is 2. The summed E-state index contributed by atoms with van der Waals surface area (Å²) in [5, 5.41) is 8.15. The van der Waals surface area contributed by atoms with Crippen LogP contribution in [0, 0.1) is 0 Å². The summed E-state index contributed by atoms with van der Waals surface area (Å²) in [7, 11) is 0. The Kier molecular flexibility index (Phi) is 8.59. The van der Waals surface area contributed by atoms with Crippen molar-refractivity contribution in [3.8, 4) is 0 Å². The van der Waals surface area contributed by atoms with Crippen molar-refractivity contribution >= 4 is 34.9 Å². The lowest BCUT2D eigenvalue weighted by molar-refractivity contribution is -0.118. The van der Waals surface area contributed by atoms with Gasteiger partial charge < -0.3 is 20.9 Å². The second-order valence-corrected chi connectivity index (χ2v) is 7.39. The van der Waals surface area contributed by atoms with Crippen molar-refractivity contribution in [1.29, 1.82) is 0 Å². The number of nitrogens with one attached hydrogen (secondary N) is 3. The molecule has 0 saturated heterocycles. The van der Waals surface area contributed by atoms with E-state index in [9.17, 15) is 14.4 Å². The van der Waals surface area contributed by atoms with Crippen molar-refractivity contribution in [2.45, 2.75) is 19.8 Å². The Morgan fingerprint density at radius 1 is 0.758 bits per heavy atom. The summed E-state index contributed by atoms with van der Waals surface area (Å²) < 4.78 is 0. The first-order valence-electron chi connectivity index (χ1n) is 10.9. The summed E-state index contributed by atoms with van der Waals surface area (Å²) in [5.74, 6) is -0.194. The summed E-state index contributed by atoms with van der Waals surface area (Å²) in [6.45, 7) is 2.75. The maximum Gasteiger partial charge on any atom is 0.319 e. The Balaban J connectivity index is 1.42. The fourth-order valence-corrected chi connectivity index (χ4v) is 3.30. The molecule has 170 valence electrons. The van der Waals surface area contributed by atoms with Crippen molar-refractivity contribution in [3.63, 3.8) is 0 Å². The van der Waals surface area contributed by atoms with Gasteiger partial charge in [0, 0.05) is 36.6 Å². The maximum atomic E-state index is 12.7. The highest BCUT2D eigenvalue weighted by Gasteiger charge is 2.14. The predicted molar refractivity (Wildman–Crippen MR) is 131 cm³/mol. The van der Waals surface area contributed by atoms with Crippen molar-refractivity contribution in [3.05, 3.63) is 90.5 Å². The summed E-state index contributed by atoms with van der Waals surface area (Å²) >= 11 is 0. The van der Waals surface area contributed by atoms with Gasteiger partial charge in [0.05, 0.1) is 6.42 Å². The van der Waals surface area contributed by atoms with Gasteiger partial charge in [-0.25, -0.2) is 4.79 Å². The molecule has 0 aliphatic carbocycles. The third-order valence-corrected chi connectivity index (χ3v) is 4.95. The highest BCUT2D eigenvalue weighted by molar-refractivity contribution is 5.95. The minimum atomic E-state index is -0.361. The molecule has 0 aliphatic rings. The fourth-order valence-electron chi connectivity index (χ4n) is 3.30. The number of anilines is 3. The molecule has 7 heteroatoms. The van der Waals surface area contributed by atoms with Crippen LogP contribution >= 0.6 is 0 Å². The summed E-state index contributed by atoms with van der Waals surface area (Å²) in [5.41, 5.74) is 3.07. The van der Waals surface area contributed by atoms with Crippen molar-refractivity contribution in [2.24, 2.45) is 0 Å². The van der Waals surface area contributed by atoms with E-state index >= 15 is 0 Å². The quantitative estimate of drug-likeness (QED) is 0.456. The van der Waals surface area contributed by atoms with Gasteiger partial charge in [0.15, 0.2) is 0 Å². The molecule has 0 fully saturated rings. The molecule has 0 aliphatic heterocycles. The molecule has 3 aromatic rings. The number of amides is 4. The van der Waals surface area contributed by atoms with Gasteiger partial charge in [-0.3, -0.25) is 9.59 Å². The third kappa shape index (κ3) is 7.50. The fraction of sp³-hybridized carbons (Fsp3) is 0.192. The number of likely N-dealkylation sites (N-methyl/N-ethyl adjacent to an activating group) is 1. The van der Waals surface area contributed by atoms with Crippen molar-refractivity contribution in [2.75, 3.05) is 28.6 Å². The van der Waals surface area contributed by atoms with Crippen LogP contribution in [0.5, 0.6) is 0 Å². The second kappa shape index (κ2) is 12.0. The van der Waals surface area contributed by atoms with E-state index in [0.717, 1.165) is 11.3 Å². The number of carbonyl (C=O) groups is 3. The normalized spacial score (nSPS) is 10.2. The number of carbonyl (C=O) groups excluding carboxylic acids is 3. The van der Waals surface area contributed by atoms with Crippen LogP contribution < -0.4 is 20.9 Å². The van der Waals surface area contributed by atoms with E-state index in [4.69, 9.17) is 0 Å². The van der Waals surface area contributed by atoms with E-state index in [-0.39, 0.29) is 37.2 Å². The average Bonchev–Trinajstić information content (AvgIpc) is 2.82. The number of rotatable bonds is 9. The lowest BCUT2D eigenvalue weighted by Gasteiger charge is -2.21. The van der Waals surface area contributed by atoms with Gasteiger partial charge in [0.2, 0.25) is 11.8 Å². The lowest BCUT2D eigenvalue weighted by Crippen LogP contribution is -2.32. The van der Waals surface area contributed by atoms with Gasteiger partial charge >= 0.3 is 6.03 Å². The molecule has 7 nitrogen and oxygen atoms in total. The van der Waals surface area contributed by atoms with Crippen LogP contribution in [0.15, 0.2) is 84.9 Å². The minimum Gasteiger partial charge on any atom is -0.337 e. The van der Waals surface area contributed by atoms with Gasteiger partial charge in [0.25, 0.3) is 0 Å². The van der Waals surface area contributed by atoms with Crippen LogP contribution in [-0.2, 0) is 16.0 Å². The Bertz CT molecular complexity index is 1050. The van der Waals surface area contributed by atoms with Crippen molar-refractivity contribution < 1.29 is 14.4 Å². The van der Waals surface area contributed by atoms with E-state index in [1.54, 1.807) is 29.2 Å². The molecule has 0 radical (unpaired) electrons. The monoisotopic (exact) mass is 444 g/mol. The van der Waals surface area contributed by atoms with Gasteiger partial charge in [-0.2, -0.15) is 0 Å². The van der Waals surface area contributed by atoms with E-state index in [1.807, 2.05) is 67.6 Å². The van der Waals surface area contributed by atoms with Crippen LogP contribution in [0.3, 0.4) is 0 Å². The number of benzene rings is 3. The Morgan fingerprint density at radius 3 is 2.00 bits per heavy atom. The Morgan fingerprint density at radius 2 is 1.36 bits per heavy atom. The Labute approximate surface area is 193 Å². The molecule has 0 atom stereocenters. The number of nitrogens with zero attached hydrogens (tertiary/aromatic N) is 1. The second-order valence-electron chi connectivity index (χ2n) is 7.39. The van der Waals surface area contributed by atoms with Gasteiger partial charge in [0.1, 0.15) is 0 Å². The van der Waals surface area contributed by atoms with Crippen LogP contribution in [0.25, 0.3) is 0 Å². The largest absolute Gasteiger partial charge is 0.337 e. The molecule has 3 aromatic carbocycles. The molecule has 0 heterocycles. The highest BCUT2D eigenvalue weighted by atomic mass is 16.2. The topological polar surface area (TPSA) is 90.5 Å². The molecular weight excluding hydrogens is 416 g/mol. The molecule has 3 rings (SSSR count). The molecule has 33 heavy (non-hydrogen) atoms. The van der Waals surface area contributed by atoms with Crippen molar-refractivity contribution in [1.82, 2.24) is 5.32 Å². The standard InChI is InChI=1S/C26H28N4O3/c1-2-30(23-11-7-4-8-12-23)25(32)19-20-13-15-22(16-14-20)28-24(31)17-18-27-26(33)29-21-9-5-3-6-10-21/h3-16H,2,17-19H2,1H3,(H,28,31)(H2,27,29,33). The average molecular weight is 445 g/mol. The van der Waals surface area contributed by atoms with E-state index in [2.05, 4.69) is 16.0 Å². The molecule has 4 amide bonds. The zero-order chi connectivity index (χ0) is 23.5. The SMILES string of the molecule is CCN(C(=O)Cc1ccc(NC(=O)CCNC(=O)Nc2ccccc2)cc1)c1ccccc1. The number of urea groups is 1. The van der Waals surface area contributed by atoms with Gasteiger partial charge in [-0.05, 0) is 48.9 Å². The summed E-state index contributed by atoms with van der Waals surface area (Å²) in [6, 6.07) is 25.5. The molecule has 3 N–H and O–H groups in total. The number of hydrogen-bond acceptors (Lipinski definition) is 3. The molecular formula is C26H28N4O3. The van der Waals surface area contributed by atoms with Crippen LogP contribution in [-0.4, -0.2) is 30.9 Å². The van der Waals surface area contributed by atoms with E-state index in [0.29, 0.717) is 17.9 Å². The van der Waals surface area contributed by atoms with Gasteiger partial charge in [-0.15, -0.1) is 0 Å². The molecule has 0 aromatic heterocycles. The first-order chi connectivity index (χ1) is 16.0. The molecule has 0 spiro atoms. The predicted octanol–water partition coefficient (Wildman–Crippen LogP) is 4.43. The lowest BCUT2D eigenvalue weighted by atomic mass is 10.1. The molecule has 0 saturated carbocycles. The number of hydrogen-bond donors (Lipinski definition) is 3. The zero-order valence-electron chi connectivity index (χ0n) is 18.6. The van der Waals surface area contributed by atoms with E-state index < -0.39 is 0 Å². The first kappa shape index (κ1) is 23.5. The van der Waals surface area contributed by atoms with Gasteiger partial charge in [-0.1, -0.05) is 48.5 Å². The zero-order valence-corrected chi connectivity index (χ0v) is 18.6. The highest BCUT2D eigenvalue weighted by Crippen LogP contribution is 2.16. The maximum absolute atomic E-state index is 12.7. The molecule has 0 unspecified atom stereocenters. The smallest absolute Gasteiger partial charge is 0.319 e. The van der Waals surface area contributed by atoms with Crippen LogP contribution in [0.2, 0.25) is 0 Å². The van der Waals surface area contributed by atoms with E-state index in [1.165, 1.54) is 0 Å². The first-order valence-corrected chi connectivity index (χ1v) is 10.9. The minimum absolute atomic E-state index is 0.0142. The van der Waals surface area contributed by atoms with Crippen LogP contribution in [0.1, 0.15) is 18.9 Å². The van der Waals surface area contributed by atoms with Crippen LogP contribution in [0.4, 0.5) is 21.9 Å². The summed E-state index contributed by atoms with van der Waals surface area (Å²) in [4.78, 5) is 38.5. The molecule has 0 bridgehead atoms. The Hall–Kier alpha value is -4.13. The summed E-state index contributed by atoms with van der Waals surface area (Å²) in [6.07, 6.45) is 0.419. The third-order valence-electron chi connectivity index (χ3n) is 4.95.